The minimum Gasteiger partial charge on any atom is -0.0626 e. The Morgan fingerprint density at radius 3 is 1.39 bits per heavy atom. The lowest BCUT2D eigenvalue weighted by atomic mass is 10.2. The van der Waals surface area contributed by atoms with Gasteiger partial charge in [0.1, 0.15) is 8.07 Å². The van der Waals surface area contributed by atoms with Gasteiger partial charge in [-0.15, -0.1) is 0 Å². The van der Waals surface area contributed by atoms with Crippen LogP contribution in [0, 0.1) is 0 Å². The molecule has 0 aliphatic rings. The molecule has 2 heteroatoms. The van der Waals surface area contributed by atoms with Crippen molar-refractivity contribution in [3.8, 4) is 0 Å². The van der Waals surface area contributed by atoms with Crippen molar-refractivity contribution >= 4 is 37.0 Å². The average molecular weight is 437 g/mol. The van der Waals surface area contributed by atoms with E-state index in [4.69, 9.17) is 0 Å². The van der Waals surface area contributed by atoms with Crippen LogP contribution in [0.1, 0.15) is 12.5 Å². The maximum Gasteiger partial charge on any atom is 0.113 e. The molecule has 4 rings (SSSR count). The van der Waals surface area contributed by atoms with E-state index in [1.807, 2.05) is 0 Å². The monoisotopic (exact) mass is 436 g/mol. The number of hydrogen-bond acceptors (Lipinski definition) is 0. The highest BCUT2D eigenvalue weighted by atomic mass is 31.1. The van der Waals surface area contributed by atoms with Gasteiger partial charge in [-0.05, 0) is 41.5 Å². The average Bonchev–Trinajstić information content (AvgIpc) is 2.82. The Hall–Kier alpha value is -2.73. The molecule has 0 saturated carbocycles. The van der Waals surface area contributed by atoms with Gasteiger partial charge in [0.15, 0.2) is 0 Å². The molecule has 0 bridgehead atoms. The Balaban J connectivity index is 2.00. The van der Waals surface area contributed by atoms with Gasteiger partial charge in [-0.2, -0.15) is 0 Å². The van der Waals surface area contributed by atoms with E-state index in [0.29, 0.717) is 0 Å². The third-order valence-corrected chi connectivity index (χ3v) is 12.3. The zero-order valence-corrected chi connectivity index (χ0v) is 20.4. The van der Waals surface area contributed by atoms with Crippen LogP contribution in [0.25, 0.3) is 5.20 Å². The van der Waals surface area contributed by atoms with E-state index in [2.05, 4.69) is 141 Å². The van der Waals surface area contributed by atoms with Gasteiger partial charge < -0.3 is 0 Å². The highest BCUT2D eigenvalue weighted by Gasteiger charge is 2.33. The normalized spacial score (nSPS) is 12.5. The zero-order chi connectivity index (χ0) is 21.7. The van der Waals surface area contributed by atoms with Crippen molar-refractivity contribution in [3.05, 3.63) is 132 Å². The largest absolute Gasteiger partial charge is 0.113 e. The Morgan fingerprint density at radius 2 is 0.935 bits per heavy atom. The Morgan fingerprint density at radius 1 is 0.548 bits per heavy atom. The first kappa shape index (κ1) is 21.5. The van der Waals surface area contributed by atoms with Crippen LogP contribution in [0.2, 0.25) is 13.1 Å². The number of rotatable bonds is 6. The van der Waals surface area contributed by atoms with Crippen molar-refractivity contribution in [2.24, 2.45) is 0 Å². The highest BCUT2D eigenvalue weighted by molar-refractivity contribution is 7.77. The smallest absolute Gasteiger partial charge is 0.0626 e. The molecule has 31 heavy (non-hydrogen) atoms. The van der Waals surface area contributed by atoms with Crippen molar-refractivity contribution in [2.45, 2.75) is 20.0 Å². The fourth-order valence-electron chi connectivity index (χ4n) is 4.43. The molecule has 0 saturated heterocycles. The minimum atomic E-state index is -1.95. The van der Waals surface area contributed by atoms with Crippen LogP contribution in [0.5, 0.6) is 0 Å². The molecule has 0 aliphatic carbocycles. The summed E-state index contributed by atoms with van der Waals surface area (Å²) >= 11 is 0. The van der Waals surface area contributed by atoms with Gasteiger partial charge in [-0.25, -0.2) is 0 Å². The molecule has 0 atom stereocenters. The van der Waals surface area contributed by atoms with E-state index in [1.54, 1.807) is 5.20 Å². The molecule has 0 aliphatic heterocycles. The van der Waals surface area contributed by atoms with Gasteiger partial charge in [0.05, 0.1) is 0 Å². The van der Waals surface area contributed by atoms with E-state index in [9.17, 15) is 0 Å². The Bertz CT molecular complexity index is 1100. The fraction of sp³-hybridized carbons (Fsp3) is 0.103. The molecule has 0 spiro atoms. The molecule has 4 aromatic rings. The third kappa shape index (κ3) is 4.64. The first-order valence-corrected chi connectivity index (χ1v) is 15.2. The van der Waals surface area contributed by atoms with Gasteiger partial charge in [0.25, 0.3) is 0 Å². The van der Waals surface area contributed by atoms with Gasteiger partial charge in [0, 0.05) is 0 Å². The molecule has 0 aromatic heterocycles. The second-order valence-electron chi connectivity index (χ2n) is 8.32. The van der Waals surface area contributed by atoms with Gasteiger partial charge in [-0.3, -0.25) is 0 Å². The Labute approximate surface area is 189 Å². The first-order valence-electron chi connectivity index (χ1n) is 10.8. The lowest BCUT2D eigenvalue weighted by molar-refractivity contribution is 1.57. The van der Waals surface area contributed by atoms with Crippen LogP contribution < -0.4 is 15.8 Å². The molecule has 0 radical (unpaired) electrons. The fourth-order valence-corrected chi connectivity index (χ4v) is 11.1. The predicted octanol–water partition coefficient (Wildman–Crippen LogP) is 6.71. The van der Waals surface area contributed by atoms with Crippen LogP contribution in [0.15, 0.2) is 127 Å². The summed E-state index contributed by atoms with van der Waals surface area (Å²) < 4.78 is 0. The van der Waals surface area contributed by atoms with Crippen molar-refractivity contribution in [2.75, 3.05) is 0 Å². The Kier molecular flexibility index (Phi) is 6.66. The van der Waals surface area contributed by atoms with Crippen LogP contribution in [0.3, 0.4) is 0 Å². The van der Waals surface area contributed by atoms with E-state index in [0.717, 1.165) is 0 Å². The molecular formula is C29H29PSi. The van der Waals surface area contributed by atoms with Gasteiger partial charge in [-0.1, -0.05) is 140 Å². The summed E-state index contributed by atoms with van der Waals surface area (Å²) in [5, 5.41) is 7.36. The molecule has 0 N–H and O–H groups in total. The van der Waals surface area contributed by atoms with Crippen molar-refractivity contribution in [1.29, 1.82) is 0 Å². The van der Waals surface area contributed by atoms with Crippen molar-refractivity contribution < 1.29 is 0 Å². The highest BCUT2D eigenvalue weighted by Crippen LogP contribution is 2.48. The molecule has 0 unspecified atom stereocenters. The standard InChI is InChI=1S/C29H29PSi/c1-24(30(26-18-10-5-11-19-26)27-20-12-6-13-21-27)29(25-16-8-4-9-17-25)31(2,3)28-22-14-7-15-23-28/h4-23H,1-3H3/b29-24+. The first-order chi connectivity index (χ1) is 15.1. The predicted molar refractivity (Wildman–Crippen MR) is 142 cm³/mol. The lowest BCUT2D eigenvalue weighted by Crippen LogP contribution is -2.43. The summed E-state index contributed by atoms with van der Waals surface area (Å²) in [6, 6.07) is 44.2. The molecule has 4 aromatic carbocycles. The van der Waals surface area contributed by atoms with Crippen molar-refractivity contribution in [3.63, 3.8) is 0 Å². The van der Waals surface area contributed by atoms with Gasteiger partial charge in [0.2, 0.25) is 0 Å². The second kappa shape index (κ2) is 9.60. The quantitative estimate of drug-likeness (QED) is 0.233. The molecule has 0 amide bonds. The lowest BCUT2D eigenvalue weighted by Gasteiger charge is -2.32. The summed E-state index contributed by atoms with van der Waals surface area (Å²) in [4.78, 5) is 0. The molecule has 0 nitrogen and oxygen atoms in total. The SMILES string of the molecule is C/C(=C(/c1ccccc1)[Si](C)(C)c1ccccc1)P(c1ccccc1)c1ccccc1. The molecule has 0 heterocycles. The van der Waals surface area contributed by atoms with Crippen LogP contribution in [-0.4, -0.2) is 8.07 Å². The number of allylic oxidation sites excluding steroid dienone is 1. The third-order valence-electron chi connectivity index (χ3n) is 5.91. The van der Waals surface area contributed by atoms with Gasteiger partial charge >= 0.3 is 0 Å². The summed E-state index contributed by atoms with van der Waals surface area (Å²) in [5.41, 5.74) is 1.36. The van der Waals surface area contributed by atoms with Crippen LogP contribution >= 0.6 is 7.92 Å². The second-order valence-corrected chi connectivity index (χ2v) is 15.0. The maximum absolute atomic E-state index is 2.50. The van der Waals surface area contributed by atoms with Crippen LogP contribution in [0.4, 0.5) is 0 Å². The minimum absolute atomic E-state index is 0.615. The molecule has 154 valence electrons. The summed E-state index contributed by atoms with van der Waals surface area (Å²) in [6.45, 7) is 7.38. The van der Waals surface area contributed by atoms with E-state index in [-0.39, 0.29) is 0 Å². The topological polar surface area (TPSA) is 0 Å². The molecular weight excluding hydrogens is 407 g/mol. The van der Waals surface area contributed by atoms with Crippen LogP contribution in [-0.2, 0) is 0 Å². The molecule has 0 fully saturated rings. The summed E-state index contributed by atoms with van der Waals surface area (Å²) in [5.74, 6) is 0. The number of hydrogen-bond donors (Lipinski definition) is 0. The maximum atomic E-state index is 2.50. The zero-order valence-electron chi connectivity index (χ0n) is 18.5. The number of benzene rings is 4. The summed E-state index contributed by atoms with van der Waals surface area (Å²) in [7, 11) is -2.56. The van der Waals surface area contributed by atoms with E-state index in [1.165, 1.54) is 26.7 Å². The van der Waals surface area contributed by atoms with E-state index >= 15 is 0 Å². The van der Waals surface area contributed by atoms with Crippen molar-refractivity contribution in [1.82, 2.24) is 0 Å². The summed E-state index contributed by atoms with van der Waals surface area (Å²) in [6.07, 6.45) is 0. The van der Waals surface area contributed by atoms with E-state index < -0.39 is 16.0 Å².